The number of thiophene rings is 1. The number of urea groups is 1. The number of hydrogen-bond acceptors (Lipinski definition) is 4. The van der Waals surface area contributed by atoms with Gasteiger partial charge in [-0.3, -0.25) is 14.5 Å². The summed E-state index contributed by atoms with van der Waals surface area (Å²) in [7, 11) is 0. The number of rotatable bonds is 7. The molecule has 0 spiro atoms. The van der Waals surface area contributed by atoms with Crippen molar-refractivity contribution in [3.8, 4) is 0 Å². The van der Waals surface area contributed by atoms with Crippen molar-refractivity contribution >= 4 is 29.2 Å². The second-order valence-corrected chi connectivity index (χ2v) is 8.85. The zero-order valence-corrected chi connectivity index (χ0v) is 18.8. The SMILES string of the molecule is CCC1(c2ccccc2)NC(=O)N(CC(=O)NC(c2ccc(C)cc2)c2cccs2)C1=O. The van der Waals surface area contributed by atoms with Crippen LogP contribution in [0.2, 0.25) is 0 Å². The lowest BCUT2D eigenvalue weighted by molar-refractivity contribution is -0.135. The number of imide groups is 1. The Hall–Kier alpha value is -3.45. The largest absolute Gasteiger partial charge is 0.343 e. The molecule has 32 heavy (non-hydrogen) atoms. The van der Waals surface area contributed by atoms with Crippen LogP contribution in [0.4, 0.5) is 4.79 Å². The van der Waals surface area contributed by atoms with Gasteiger partial charge in [0.15, 0.2) is 0 Å². The van der Waals surface area contributed by atoms with Crippen LogP contribution in [0.25, 0.3) is 0 Å². The normalized spacial score (nSPS) is 19.0. The van der Waals surface area contributed by atoms with Crippen LogP contribution in [-0.2, 0) is 15.1 Å². The summed E-state index contributed by atoms with van der Waals surface area (Å²) in [6.07, 6.45) is 0.390. The molecule has 2 aromatic carbocycles. The van der Waals surface area contributed by atoms with E-state index in [2.05, 4.69) is 10.6 Å². The molecule has 1 aliphatic heterocycles. The van der Waals surface area contributed by atoms with Gasteiger partial charge in [-0.05, 0) is 35.9 Å². The van der Waals surface area contributed by atoms with Gasteiger partial charge in [0, 0.05) is 4.88 Å². The highest BCUT2D eigenvalue weighted by Gasteiger charge is 2.51. The van der Waals surface area contributed by atoms with E-state index in [0.717, 1.165) is 20.9 Å². The first kappa shape index (κ1) is 21.8. The highest BCUT2D eigenvalue weighted by Crippen LogP contribution is 2.32. The Morgan fingerprint density at radius 2 is 1.78 bits per heavy atom. The molecule has 6 nitrogen and oxygen atoms in total. The van der Waals surface area contributed by atoms with Gasteiger partial charge in [0.2, 0.25) is 5.91 Å². The molecule has 4 rings (SSSR count). The van der Waals surface area contributed by atoms with Crippen LogP contribution in [-0.4, -0.2) is 29.3 Å². The molecule has 1 aliphatic rings. The van der Waals surface area contributed by atoms with Crippen LogP contribution in [0.15, 0.2) is 72.1 Å². The zero-order valence-electron chi connectivity index (χ0n) is 18.0. The molecule has 3 aromatic rings. The molecule has 7 heteroatoms. The monoisotopic (exact) mass is 447 g/mol. The highest BCUT2D eigenvalue weighted by molar-refractivity contribution is 7.10. The molecule has 164 valence electrons. The molecule has 2 unspecified atom stereocenters. The highest BCUT2D eigenvalue weighted by atomic mass is 32.1. The maximum Gasteiger partial charge on any atom is 0.325 e. The lowest BCUT2D eigenvalue weighted by atomic mass is 9.87. The van der Waals surface area contributed by atoms with Crippen molar-refractivity contribution in [2.24, 2.45) is 0 Å². The summed E-state index contributed by atoms with van der Waals surface area (Å²) in [6.45, 7) is 3.51. The molecule has 2 heterocycles. The van der Waals surface area contributed by atoms with Crippen LogP contribution >= 0.6 is 11.3 Å². The van der Waals surface area contributed by atoms with E-state index in [-0.39, 0.29) is 12.6 Å². The minimum Gasteiger partial charge on any atom is -0.343 e. The maximum absolute atomic E-state index is 13.3. The van der Waals surface area contributed by atoms with Gasteiger partial charge in [0.05, 0.1) is 6.04 Å². The number of carbonyl (C=O) groups excluding carboxylic acids is 3. The second kappa shape index (κ2) is 8.96. The third kappa shape index (κ3) is 4.03. The van der Waals surface area contributed by atoms with Crippen LogP contribution in [0.5, 0.6) is 0 Å². The van der Waals surface area contributed by atoms with E-state index >= 15 is 0 Å². The summed E-state index contributed by atoms with van der Waals surface area (Å²) in [5.41, 5.74) is 1.62. The van der Waals surface area contributed by atoms with Gasteiger partial charge in [-0.2, -0.15) is 0 Å². The molecule has 0 bridgehead atoms. The van der Waals surface area contributed by atoms with Crippen LogP contribution in [0, 0.1) is 6.92 Å². The second-order valence-electron chi connectivity index (χ2n) is 7.87. The van der Waals surface area contributed by atoms with Crippen molar-refractivity contribution in [1.29, 1.82) is 0 Å². The van der Waals surface area contributed by atoms with Gasteiger partial charge in [0.25, 0.3) is 5.91 Å². The Kier molecular flexibility index (Phi) is 6.10. The minimum atomic E-state index is -1.15. The number of nitrogens with zero attached hydrogens (tertiary/aromatic N) is 1. The summed E-state index contributed by atoms with van der Waals surface area (Å²) in [4.78, 5) is 41.0. The number of amides is 4. The van der Waals surface area contributed by atoms with E-state index in [9.17, 15) is 14.4 Å². The molecular weight excluding hydrogens is 422 g/mol. The van der Waals surface area contributed by atoms with Crippen molar-refractivity contribution in [1.82, 2.24) is 15.5 Å². The first-order valence-corrected chi connectivity index (χ1v) is 11.4. The summed E-state index contributed by atoms with van der Waals surface area (Å²) in [6, 6.07) is 20.1. The molecule has 2 atom stereocenters. The number of hydrogen-bond donors (Lipinski definition) is 2. The fourth-order valence-electron chi connectivity index (χ4n) is 4.02. The average molecular weight is 448 g/mol. The van der Waals surface area contributed by atoms with Crippen molar-refractivity contribution in [2.45, 2.75) is 31.8 Å². The van der Waals surface area contributed by atoms with E-state index in [0.29, 0.717) is 12.0 Å². The number of aryl methyl sites for hydroxylation is 1. The Morgan fingerprint density at radius 1 is 1.06 bits per heavy atom. The van der Waals surface area contributed by atoms with Gasteiger partial charge < -0.3 is 10.6 Å². The lowest BCUT2D eigenvalue weighted by Gasteiger charge is -2.26. The summed E-state index contributed by atoms with van der Waals surface area (Å²) in [5, 5.41) is 7.78. The fourth-order valence-corrected chi connectivity index (χ4v) is 4.82. The molecule has 1 fully saturated rings. The van der Waals surface area contributed by atoms with Gasteiger partial charge in [-0.1, -0.05) is 73.2 Å². The number of benzene rings is 2. The third-order valence-corrected chi connectivity index (χ3v) is 6.76. The van der Waals surface area contributed by atoms with E-state index < -0.39 is 23.4 Å². The molecule has 0 radical (unpaired) electrons. The quantitative estimate of drug-likeness (QED) is 0.535. The molecule has 1 aromatic heterocycles. The average Bonchev–Trinajstić information content (AvgIpc) is 3.42. The zero-order chi connectivity index (χ0) is 22.7. The Labute approximate surface area is 191 Å². The molecule has 0 aliphatic carbocycles. The van der Waals surface area contributed by atoms with Crippen molar-refractivity contribution in [3.63, 3.8) is 0 Å². The van der Waals surface area contributed by atoms with Crippen LogP contribution < -0.4 is 10.6 Å². The Morgan fingerprint density at radius 3 is 2.41 bits per heavy atom. The third-order valence-electron chi connectivity index (χ3n) is 5.82. The fraction of sp³-hybridized carbons (Fsp3) is 0.240. The summed E-state index contributed by atoms with van der Waals surface area (Å²) >= 11 is 1.54. The van der Waals surface area contributed by atoms with Gasteiger partial charge in [-0.15, -0.1) is 11.3 Å². The molecule has 4 amide bonds. The predicted octanol–water partition coefficient (Wildman–Crippen LogP) is 4.12. The Balaban J connectivity index is 1.54. The standard InChI is InChI=1S/C25H25N3O3S/c1-3-25(19-8-5-4-6-9-19)23(30)28(24(31)27-25)16-21(29)26-22(20-10-7-15-32-20)18-13-11-17(2)12-14-18/h4-15,22H,3,16H2,1-2H3,(H,26,29)(H,27,31). The maximum atomic E-state index is 13.3. The van der Waals surface area contributed by atoms with Crippen LogP contribution in [0.1, 0.15) is 41.0 Å². The summed E-state index contributed by atoms with van der Waals surface area (Å²) < 4.78 is 0. The smallest absolute Gasteiger partial charge is 0.325 e. The molecule has 0 saturated carbocycles. The Bertz CT molecular complexity index is 1110. The minimum absolute atomic E-state index is 0.340. The van der Waals surface area contributed by atoms with Crippen molar-refractivity contribution in [3.05, 3.63) is 93.7 Å². The molecular formula is C25H25N3O3S. The molecule has 1 saturated heterocycles. The number of nitrogens with one attached hydrogen (secondary N) is 2. The first-order valence-electron chi connectivity index (χ1n) is 10.5. The van der Waals surface area contributed by atoms with Gasteiger partial charge in [-0.25, -0.2) is 4.79 Å². The lowest BCUT2D eigenvalue weighted by Crippen LogP contribution is -2.45. The van der Waals surface area contributed by atoms with Gasteiger partial charge >= 0.3 is 6.03 Å². The van der Waals surface area contributed by atoms with E-state index in [4.69, 9.17) is 0 Å². The summed E-state index contributed by atoms with van der Waals surface area (Å²) in [5.74, 6) is -0.804. The number of carbonyl (C=O) groups is 3. The van der Waals surface area contributed by atoms with E-state index in [1.807, 2.05) is 86.0 Å². The van der Waals surface area contributed by atoms with Crippen molar-refractivity contribution < 1.29 is 14.4 Å². The van der Waals surface area contributed by atoms with E-state index in [1.165, 1.54) is 0 Å². The molecule has 2 N–H and O–H groups in total. The van der Waals surface area contributed by atoms with Gasteiger partial charge in [0.1, 0.15) is 12.1 Å². The van der Waals surface area contributed by atoms with Crippen molar-refractivity contribution in [2.75, 3.05) is 6.54 Å². The predicted molar refractivity (Wildman–Crippen MR) is 124 cm³/mol. The first-order chi connectivity index (χ1) is 15.4. The topological polar surface area (TPSA) is 78.5 Å². The van der Waals surface area contributed by atoms with E-state index in [1.54, 1.807) is 11.3 Å². The van der Waals surface area contributed by atoms with Crippen LogP contribution in [0.3, 0.4) is 0 Å².